The molecule has 0 aliphatic heterocycles. The average molecular weight is 210 g/mol. The highest BCUT2D eigenvalue weighted by atomic mass is 16.1. The molecule has 0 radical (unpaired) electrons. The molecule has 0 aromatic heterocycles. The summed E-state index contributed by atoms with van der Waals surface area (Å²) in [5, 5.41) is 0. The van der Waals surface area contributed by atoms with Gasteiger partial charge >= 0.3 is 0 Å². The number of hydrogen-bond acceptors (Lipinski definition) is 1. The molecule has 0 aliphatic carbocycles. The highest BCUT2D eigenvalue weighted by Crippen LogP contribution is 2.32. The van der Waals surface area contributed by atoms with Crippen LogP contribution in [0.5, 0.6) is 0 Å². The Morgan fingerprint density at radius 1 is 1.20 bits per heavy atom. The molecule has 0 aromatic carbocycles. The van der Waals surface area contributed by atoms with Crippen LogP contribution in [-0.2, 0) is 4.79 Å². The minimum absolute atomic E-state index is 0.234. The molecule has 0 spiro atoms. The second-order valence-electron chi connectivity index (χ2n) is 5.57. The van der Waals surface area contributed by atoms with Gasteiger partial charge in [-0.15, -0.1) is 0 Å². The van der Waals surface area contributed by atoms with Crippen molar-refractivity contribution in [2.75, 3.05) is 0 Å². The molecule has 0 amide bonds. The first-order valence-electron chi connectivity index (χ1n) is 5.92. The van der Waals surface area contributed by atoms with E-state index in [0.717, 1.165) is 12.0 Å². The Bertz CT molecular complexity index is 253. The first-order chi connectivity index (χ1) is 6.71. The summed E-state index contributed by atoms with van der Waals surface area (Å²) in [6.07, 6.45) is 1.62. The SMILES string of the molecule is CCCC(=O)C(C)=C(C)C(C)C(C)(C)C. The summed E-state index contributed by atoms with van der Waals surface area (Å²) < 4.78 is 0. The second-order valence-corrected chi connectivity index (χ2v) is 5.57. The number of allylic oxidation sites excluding steroid dienone is 2. The molecule has 0 heterocycles. The fourth-order valence-electron chi connectivity index (χ4n) is 1.61. The monoisotopic (exact) mass is 210 g/mol. The predicted molar refractivity (Wildman–Crippen MR) is 66.9 cm³/mol. The smallest absolute Gasteiger partial charge is 0.158 e. The lowest BCUT2D eigenvalue weighted by molar-refractivity contribution is -0.115. The van der Waals surface area contributed by atoms with Gasteiger partial charge in [-0.2, -0.15) is 0 Å². The maximum absolute atomic E-state index is 11.8. The van der Waals surface area contributed by atoms with E-state index in [1.807, 2.05) is 13.8 Å². The molecule has 1 heteroatoms. The number of carbonyl (C=O) groups excluding carboxylic acids is 1. The summed E-state index contributed by atoms with van der Waals surface area (Å²) in [5.41, 5.74) is 2.46. The van der Waals surface area contributed by atoms with Crippen LogP contribution in [0.1, 0.15) is 61.3 Å². The van der Waals surface area contributed by atoms with Crippen LogP contribution in [0.15, 0.2) is 11.1 Å². The highest BCUT2D eigenvalue weighted by molar-refractivity contribution is 5.95. The normalized spacial score (nSPS) is 15.9. The topological polar surface area (TPSA) is 17.1 Å². The maximum Gasteiger partial charge on any atom is 0.158 e. The molecule has 1 unspecified atom stereocenters. The third-order valence-electron chi connectivity index (χ3n) is 3.44. The first kappa shape index (κ1) is 14.4. The Morgan fingerprint density at radius 3 is 2.00 bits per heavy atom. The van der Waals surface area contributed by atoms with Gasteiger partial charge in [0, 0.05) is 6.42 Å². The van der Waals surface area contributed by atoms with E-state index in [-0.39, 0.29) is 5.41 Å². The van der Waals surface area contributed by atoms with E-state index in [1.54, 1.807) is 0 Å². The zero-order valence-electron chi connectivity index (χ0n) is 11.4. The quantitative estimate of drug-likeness (QED) is 0.629. The summed E-state index contributed by atoms with van der Waals surface area (Å²) in [5.74, 6) is 0.768. The third kappa shape index (κ3) is 4.19. The van der Waals surface area contributed by atoms with Gasteiger partial charge in [-0.25, -0.2) is 0 Å². The number of hydrogen-bond donors (Lipinski definition) is 0. The zero-order valence-corrected chi connectivity index (χ0v) is 11.4. The van der Waals surface area contributed by atoms with Crippen molar-refractivity contribution < 1.29 is 4.79 Å². The van der Waals surface area contributed by atoms with Crippen LogP contribution in [0.3, 0.4) is 0 Å². The Labute approximate surface area is 95.0 Å². The molecule has 1 atom stereocenters. The molecule has 0 saturated heterocycles. The van der Waals surface area contributed by atoms with Gasteiger partial charge in [-0.1, -0.05) is 40.2 Å². The van der Waals surface area contributed by atoms with E-state index < -0.39 is 0 Å². The average Bonchev–Trinajstić information content (AvgIpc) is 2.13. The van der Waals surface area contributed by atoms with E-state index in [4.69, 9.17) is 0 Å². The van der Waals surface area contributed by atoms with Gasteiger partial charge in [0.25, 0.3) is 0 Å². The molecular weight excluding hydrogens is 184 g/mol. The fraction of sp³-hybridized carbons (Fsp3) is 0.786. The van der Waals surface area contributed by atoms with Crippen molar-refractivity contribution in [1.29, 1.82) is 0 Å². The molecule has 0 aliphatic rings. The van der Waals surface area contributed by atoms with Crippen LogP contribution in [0, 0.1) is 11.3 Å². The van der Waals surface area contributed by atoms with E-state index >= 15 is 0 Å². The van der Waals surface area contributed by atoms with Crippen LogP contribution in [0.25, 0.3) is 0 Å². The lowest BCUT2D eigenvalue weighted by Crippen LogP contribution is -2.20. The third-order valence-corrected chi connectivity index (χ3v) is 3.44. The van der Waals surface area contributed by atoms with E-state index in [2.05, 4.69) is 34.6 Å². The molecule has 0 N–H and O–H groups in total. The Hall–Kier alpha value is -0.590. The van der Waals surface area contributed by atoms with Gasteiger partial charge in [0.15, 0.2) is 5.78 Å². The van der Waals surface area contributed by atoms with Crippen molar-refractivity contribution in [3.63, 3.8) is 0 Å². The molecule has 1 nitrogen and oxygen atoms in total. The summed E-state index contributed by atoms with van der Waals surface area (Å²) in [6, 6.07) is 0. The lowest BCUT2D eigenvalue weighted by atomic mass is 9.76. The van der Waals surface area contributed by atoms with Crippen LogP contribution in [0.2, 0.25) is 0 Å². The Kier molecular flexibility index (Phi) is 5.27. The van der Waals surface area contributed by atoms with Crippen molar-refractivity contribution in [2.24, 2.45) is 11.3 Å². The van der Waals surface area contributed by atoms with Gasteiger partial charge < -0.3 is 0 Å². The van der Waals surface area contributed by atoms with Crippen molar-refractivity contribution >= 4 is 5.78 Å². The van der Waals surface area contributed by atoms with E-state index in [9.17, 15) is 4.79 Å². The van der Waals surface area contributed by atoms with Crippen molar-refractivity contribution in [2.45, 2.75) is 61.3 Å². The van der Waals surface area contributed by atoms with Gasteiger partial charge in [-0.3, -0.25) is 4.79 Å². The van der Waals surface area contributed by atoms with Crippen LogP contribution < -0.4 is 0 Å². The molecule has 0 saturated carbocycles. The first-order valence-corrected chi connectivity index (χ1v) is 5.92. The van der Waals surface area contributed by atoms with Crippen molar-refractivity contribution in [1.82, 2.24) is 0 Å². The minimum atomic E-state index is 0.234. The van der Waals surface area contributed by atoms with E-state index in [0.29, 0.717) is 18.1 Å². The van der Waals surface area contributed by atoms with Crippen LogP contribution in [-0.4, -0.2) is 5.78 Å². The highest BCUT2D eigenvalue weighted by Gasteiger charge is 2.23. The second kappa shape index (κ2) is 5.48. The largest absolute Gasteiger partial charge is 0.295 e. The fourth-order valence-corrected chi connectivity index (χ4v) is 1.61. The molecule has 0 bridgehead atoms. The van der Waals surface area contributed by atoms with Gasteiger partial charge in [0.2, 0.25) is 0 Å². The number of ketones is 1. The van der Waals surface area contributed by atoms with Gasteiger partial charge in [0.05, 0.1) is 0 Å². The van der Waals surface area contributed by atoms with E-state index in [1.165, 1.54) is 5.57 Å². The number of rotatable bonds is 4. The Morgan fingerprint density at radius 2 is 1.67 bits per heavy atom. The maximum atomic E-state index is 11.8. The molecule has 0 aromatic rings. The van der Waals surface area contributed by atoms with Gasteiger partial charge in [0.1, 0.15) is 0 Å². The number of carbonyl (C=O) groups is 1. The predicted octanol–water partition coefficient (Wildman–Crippen LogP) is 4.37. The minimum Gasteiger partial charge on any atom is -0.295 e. The van der Waals surface area contributed by atoms with Crippen LogP contribution in [0.4, 0.5) is 0 Å². The molecule has 0 fully saturated rings. The van der Waals surface area contributed by atoms with Crippen LogP contribution >= 0.6 is 0 Å². The summed E-state index contributed by atoms with van der Waals surface area (Å²) in [4.78, 5) is 11.8. The molecule has 0 rings (SSSR count). The van der Waals surface area contributed by atoms with Crippen molar-refractivity contribution in [3.05, 3.63) is 11.1 Å². The molecule has 88 valence electrons. The summed E-state index contributed by atoms with van der Waals surface area (Å²) in [6.45, 7) is 15.0. The molecule has 15 heavy (non-hydrogen) atoms. The van der Waals surface area contributed by atoms with Crippen molar-refractivity contribution in [3.8, 4) is 0 Å². The Balaban J connectivity index is 4.86. The molecular formula is C14H26O. The lowest BCUT2D eigenvalue weighted by Gasteiger charge is -2.29. The number of Topliss-reactive ketones (excluding diaryl/α,β-unsaturated/α-hetero) is 1. The summed E-state index contributed by atoms with van der Waals surface area (Å²) in [7, 11) is 0. The zero-order chi connectivity index (χ0) is 12.2. The summed E-state index contributed by atoms with van der Waals surface area (Å²) >= 11 is 0. The van der Waals surface area contributed by atoms with Gasteiger partial charge in [-0.05, 0) is 37.2 Å². The standard InChI is InChI=1S/C14H26O/c1-8-9-13(15)11(3)10(2)12(4)14(5,6)7/h12H,8-9H2,1-7H3.